The first-order chi connectivity index (χ1) is 9.69. The highest BCUT2D eigenvalue weighted by molar-refractivity contribution is 5.87. The van der Waals surface area contributed by atoms with Crippen LogP contribution in [0.5, 0.6) is 0 Å². The summed E-state index contributed by atoms with van der Waals surface area (Å²) in [5.74, 6) is -0.854. The van der Waals surface area contributed by atoms with Crippen molar-refractivity contribution in [1.29, 1.82) is 0 Å². The van der Waals surface area contributed by atoms with Gasteiger partial charge in [-0.1, -0.05) is 31.9 Å². The van der Waals surface area contributed by atoms with Crippen molar-refractivity contribution < 1.29 is 9.90 Å². The van der Waals surface area contributed by atoms with Crippen molar-refractivity contribution in [1.82, 2.24) is 10.2 Å². The number of nitrogens with one attached hydrogen (secondary N) is 1. The van der Waals surface area contributed by atoms with Gasteiger partial charge in [-0.15, -0.1) is 0 Å². The summed E-state index contributed by atoms with van der Waals surface area (Å²) in [4.78, 5) is 13.4. The molecule has 4 heteroatoms. The van der Waals surface area contributed by atoms with Gasteiger partial charge in [0.05, 0.1) is 5.56 Å². The van der Waals surface area contributed by atoms with E-state index in [0.717, 1.165) is 31.7 Å². The van der Waals surface area contributed by atoms with Gasteiger partial charge in [0, 0.05) is 32.2 Å². The molecule has 0 bridgehead atoms. The standard InChI is InChI=1S/C16H24N2O2/c1-2-3-7-15-12-18(9-8-17-15)11-13-5-4-6-14(10-13)16(19)20/h4-6,10,15,17H,2-3,7-9,11-12H2,1H3,(H,19,20)/t15-/m1/s1. The van der Waals surface area contributed by atoms with Gasteiger partial charge in [-0.2, -0.15) is 0 Å². The van der Waals surface area contributed by atoms with Crippen molar-refractivity contribution in [2.24, 2.45) is 0 Å². The number of nitrogens with zero attached hydrogens (tertiary/aromatic N) is 1. The number of rotatable bonds is 6. The lowest BCUT2D eigenvalue weighted by molar-refractivity contribution is 0.0696. The Morgan fingerprint density at radius 3 is 3.10 bits per heavy atom. The molecule has 1 aromatic rings. The van der Waals surface area contributed by atoms with Gasteiger partial charge in [-0.25, -0.2) is 4.79 Å². The van der Waals surface area contributed by atoms with Gasteiger partial charge in [0.15, 0.2) is 0 Å². The number of aromatic carboxylic acids is 1. The number of benzene rings is 1. The van der Waals surface area contributed by atoms with Gasteiger partial charge in [-0.05, 0) is 24.1 Å². The van der Waals surface area contributed by atoms with Gasteiger partial charge in [0.1, 0.15) is 0 Å². The Bertz CT molecular complexity index is 448. The van der Waals surface area contributed by atoms with Crippen LogP contribution in [0.2, 0.25) is 0 Å². The number of carboxylic acid groups (broad SMARTS) is 1. The largest absolute Gasteiger partial charge is 0.478 e. The van der Waals surface area contributed by atoms with E-state index in [-0.39, 0.29) is 0 Å². The van der Waals surface area contributed by atoms with Gasteiger partial charge in [0.2, 0.25) is 0 Å². The first-order valence-electron chi connectivity index (χ1n) is 7.47. The molecule has 4 nitrogen and oxygen atoms in total. The number of hydrogen-bond acceptors (Lipinski definition) is 3. The molecule has 1 saturated heterocycles. The molecule has 0 spiro atoms. The SMILES string of the molecule is CCCC[C@@H]1CN(Cc2cccc(C(=O)O)c2)CCN1. The first kappa shape index (κ1) is 15.0. The summed E-state index contributed by atoms with van der Waals surface area (Å²) < 4.78 is 0. The molecule has 1 aliphatic heterocycles. The van der Waals surface area contributed by atoms with Gasteiger partial charge in [0.25, 0.3) is 0 Å². The highest BCUT2D eigenvalue weighted by atomic mass is 16.4. The number of hydrogen-bond donors (Lipinski definition) is 2. The molecule has 2 N–H and O–H groups in total. The second-order valence-electron chi connectivity index (χ2n) is 5.53. The van der Waals surface area contributed by atoms with E-state index < -0.39 is 5.97 Å². The molecule has 1 atom stereocenters. The molecular weight excluding hydrogens is 252 g/mol. The van der Waals surface area contributed by atoms with Crippen molar-refractivity contribution in [3.8, 4) is 0 Å². The summed E-state index contributed by atoms with van der Waals surface area (Å²) in [6.07, 6.45) is 3.72. The second-order valence-corrected chi connectivity index (χ2v) is 5.53. The quantitative estimate of drug-likeness (QED) is 0.837. The summed E-state index contributed by atoms with van der Waals surface area (Å²) in [5.41, 5.74) is 1.46. The maximum Gasteiger partial charge on any atom is 0.335 e. The minimum absolute atomic E-state index is 0.375. The molecular formula is C16H24N2O2. The molecule has 0 saturated carbocycles. The fraction of sp³-hybridized carbons (Fsp3) is 0.562. The molecule has 0 unspecified atom stereocenters. The molecule has 0 aromatic heterocycles. The zero-order valence-electron chi connectivity index (χ0n) is 12.1. The van der Waals surface area contributed by atoms with Crippen molar-refractivity contribution >= 4 is 5.97 Å². The fourth-order valence-corrected chi connectivity index (χ4v) is 2.74. The lowest BCUT2D eigenvalue weighted by atomic mass is 10.1. The number of unbranched alkanes of at least 4 members (excludes halogenated alkanes) is 1. The summed E-state index contributed by atoms with van der Waals surface area (Å²) in [7, 11) is 0. The zero-order valence-corrected chi connectivity index (χ0v) is 12.1. The van der Waals surface area contributed by atoms with E-state index >= 15 is 0 Å². The van der Waals surface area contributed by atoms with Crippen LogP contribution in [0, 0.1) is 0 Å². The summed E-state index contributed by atoms with van der Waals surface area (Å²) in [5, 5.41) is 12.6. The molecule has 0 aliphatic carbocycles. The maximum atomic E-state index is 11.0. The normalized spacial score (nSPS) is 19.9. The third kappa shape index (κ3) is 4.32. The van der Waals surface area contributed by atoms with Gasteiger partial charge < -0.3 is 10.4 Å². The minimum Gasteiger partial charge on any atom is -0.478 e. The predicted molar refractivity (Wildman–Crippen MR) is 80.0 cm³/mol. The maximum absolute atomic E-state index is 11.0. The molecule has 0 amide bonds. The molecule has 0 radical (unpaired) electrons. The van der Waals surface area contributed by atoms with Gasteiger partial charge >= 0.3 is 5.97 Å². The van der Waals surface area contributed by atoms with Crippen LogP contribution in [0.3, 0.4) is 0 Å². The van der Waals surface area contributed by atoms with E-state index in [2.05, 4.69) is 17.1 Å². The monoisotopic (exact) mass is 276 g/mol. The van der Waals surface area contributed by atoms with Crippen molar-refractivity contribution in [2.75, 3.05) is 19.6 Å². The van der Waals surface area contributed by atoms with Crippen molar-refractivity contribution in [3.63, 3.8) is 0 Å². The molecule has 110 valence electrons. The van der Waals surface area contributed by atoms with Gasteiger partial charge in [-0.3, -0.25) is 4.90 Å². The lowest BCUT2D eigenvalue weighted by Gasteiger charge is -2.33. The Morgan fingerprint density at radius 2 is 2.35 bits per heavy atom. The van der Waals surface area contributed by atoms with Crippen LogP contribution >= 0.6 is 0 Å². The molecule has 1 heterocycles. The molecule has 2 rings (SSSR count). The van der Waals surface area contributed by atoms with E-state index in [1.54, 1.807) is 12.1 Å². The number of piperazine rings is 1. The van der Waals surface area contributed by atoms with E-state index in [4.69, 9.17) is 5.11 Å². The Kier molecular flexibility index (Phi) is 5.56. The zero-order chi connectivity index (χ0) is 14.4. The van der Waals surface area contributed by atoms with Crippen molar-refractivity contribution in [3.05, 3.63) is 35.4 Å². The fourth-order valence-electron chi connectivity index (χ4n) is 2.74. The molecule has 1 fully saturated rings. The Hall–Kier alpha value is -1.39. The third-order valence-corrected chi connectivity index (χ3v) is 3.83. The Morgan fingerprint density at radius 1 is 1.50 bits per heavy atom. The van der Waals surface area contributed by atoms with E-state index in [9.17, 15) is 4.79 Å². The van der Waals surface area contributed by atoms with Crippen molar-refractivity contribution in [2.45, 2.75) is 38.8 Å². The first-order valence-corrected chi connectivity index (χ1v) is 7.47. The summed E-state index contributed by atoms with van der Waals surface area (Å²) in [6, 6.07) is 7.84. The highest BCUT2D eigenvalue weighted by Gasteiger charge is 2.18. The summed E-state index contributed by atoms with van der Waals surface area (Å²) in [6.45, 7) is 6.16. The lowest BCUT2D eigenvalue weighted by Crippen LogP contribution is -2.50. The Labute approximate surface area is 120 Å². The number of carbonyl (C=O) groups is 1. The van der Waals surface area contributed by atoms with Crippen LogP contribution in [-0.4, -0.2) is 41.7 Å². The molecule has 1 aromatic carbocycles. The molecule has 1 aliphatic rings. The van der Waals surface area contributed by atoms with Crippen LogP contribution in [0.1, 0.15) is 42.1 Å². The average Bonchev–Trinajstić information content (AvgIpc) is 2.46. The van der Waals surface area contributed by atoms with E-state index in [1.807, 2.05) is 12.1 Å². The number of carboxylic acids is 1. The second kappa shape index (κ2) is 7.41. The smallest absolute Gasteiger partial charge is 0.335 e. The van der Waals surface area contributed by atoms with Crippen LogP contribution in [0.15, 0.2) is 24.3 Å². The highest BCUT2D eigenvalue weighted by Crippen LogP contribution is 2.12. The van der Waals surface area contributed by atoms with Crippen LogP contribution < -0.4 is 5.32 Å². The Balaban J connectivity index is 1.92. The minimum atomic E-state index is -0.854. The average molecular weight is 276 g/mol. The predicted octanol–water partition coefficient (Wildman–Crippen LogP) is 2.35. The third-order valence-electron chi connectivity index (χ3n) is 3.83. The van der Waals surface area contributed by atoms with Crippen LogP contribution in [0.4, 0.5) is 0 Å². The van der Waals surface area contributed by atoms with Crippen LogP contribution in [0.25, 0.3) is 0 Å². The van der Waals surface area contributed by atoms with E-state index in [1.165, 1.54) is 19.3 Å². The topological polar surface area (TPSA) is 52.6 Å². The molecule has 20 heavy (non-hydrogen) atoms. The van der Waals surface area contributed by atoms with E-state index in [0.29, 0.717) is 11.6 Å². The van der Waals surface area contributed by atoms with Crippen LogP contribution in [-0.2, 0) is 6.54 Å². The summed E-state index contributed by atoms with van der Waals surface area (Å²) >= 11 is 0.